The number of hydrogen-bond acceptors (Lipinski definition) is 3. The van der Waals surface area contributed by atoms with Crippen LogP contribution in [0.2, 0.25) is 0 Å². The minimum absolute atomic E-state index is 0.116. The molecule has 4 aliphatic rings. The Balaban J connectivity index is 1.75. The third kappa shape index (κ3) is 1.76. The summed E-state index contributed by atoms with van der Waals surface area (Å²) in [6.07, 6.45) is 6.98. The standard InChI is InChI=1S/C18H24O3/c1-17-8-6-13-12(14(17)4-5-16(17)20)7-9-18(21)10-11(19)2-3-15(13)18/h12,14,21H,2-10H2,1H3/t12-,14+,17+,18?/m1/s1. The lowest BCUT2D eigenvalue weighted by Crippen LogP contribution is -2.47. The topological polar surface area (TPSA) is 54.4 Å². The molecule has 0 radical (unpaired) electrons. The lowest BCUT2D eigenvalue weighted by atomic mass is 9.55. The molecule has 3 saturated carbocycles. The molecule has 0 amide bonds. The van der Waals surface area contributed by atoms with Crippen molar-refractivity contribution in [3.8, 4) is 0 Å². The van der Waals surface area contributed by atoms with Crippen molar-refractivity contribution in [3.63, 3.8) is 0 Å². The van der Waals surface area contributed by atoms with Crippen LogP contribution in [0.25, 0.3) is 0 Å². The lowest BCUT2D eigenvalue weighted by Gasteiger charge is -2.50. The van der Waals surface area contributed by atoms with Crippen LogP contribution in [-0.2, 0) is 9.59 Å². The van der Waals surface area contributed by atoms with Crippen molar-refractivity contribution in [3.05, 3.63) is 11.1 Å². The van der Waals surface area contributed by atoms with Crippen LogP contribution in [0.4, 0.5) is 0 Å². The summed E-state index contributed by atoms with van der Waals surface area (Å²) in [5, 5.41) is 10.9. The number of fused-ring (bicyclic) bond motifs is 4. The molecule has 0 spiro atoms. The molecule has 1 unspecified atom stereocenters. The minimum Gasteiger partial charge on any atom is -0.385 e. The van der Waals surface area contributed by atoms with Gasteiger partial charge < -0.3 is 5.11 Å². The van der Waals surface area contributed by atoms with E-state index in [0.29, 0.717) is 36.9 Å². The van der Waals surface area contributed by atoms with Gasteiger partial charge in [-0.3, -0.25) is 9.59 Å². The van der Waals surface area contributed by atoms with E-state index >= 15 is 0 Å². The van der Waals surface area contributed by atoms with Crippen LogP contribution >= 0.6 is 0 Å². The van der Waals surface area contributed by atoms with Crippen LogP contribution in [0.15, 0.2) is 11.1 Å². The Morgan fingerprint density at radius 3 is 2.67 bits per heavy atom. The predicted molar refractivity (Wildman–Crippen MR) is 78.6 cm³/mol. The molecule has 0 aliphatic heterocycles. The summed E-state index contributed by atoms with van der Waals surface area (Å²) in [6, 6.07) is 0. The molecule has 0 heterocycles. The molecule has 0 saturated heterocycles. The van der Waals surface area contributed by atoms with E-state index in [9.17, 15) is 14.7 Å². The van der Waals surface area contributed by atoms with Crippen LogP contribution in [-0.4, -0.2) is 22.3 Å². The van der Waals surface area contributed by atoms with E-state index in [4.69, 9.17) is 0 Å². The maximum Gasteiger partial charge on any atom is 0.139 e. The molecular formula is C18H24O3. The van der Waals surface area contributed by atoms with Gasteiger partial charge in [-0.15, -0.1) is 0 Å². The zero-order valence-electron chi connectivity index (χ0n) is 12.8. The van der Waals surface area contributed by atoms with Gasteiger partial charge in [-0.2, -0.15) is 0 Å². The van der Waals surface area contributed by atoms with Gasteiger partial charge in [-0.25, -0.2) is 0 Å². The van der Waals surface area contributed by atoms with Crippen LogP contribution < -0.4 is 0 Å². The van der Waals surface area contributed by atoms with Crippen LogP contribution in [0.3, 0.4) is 0 Å². The average molecular weight is 288 g/mol. The molecular weight excluding hydrogens is 264 g/mol. The molecule has 4 rings (SSSR count). The molecule has 4 aliphatic carbocycles. The Morgan fingerprint density at radius 2 is 1.86 bits per heavy atom. The van der Waals surface area contributed by atoms with Crippen molar-refractivity contribution < 1.29 is 14.7 Å². The smallest absolute Gasteiger partial charge is 0.139 e. The van der Waals surface area contributed by atoms with Gasteiger partial charge in [0.1, 0.15) is 11.6 Å². The van der Waals surface area contributed by atoms with E-state index in [2.05, 4.69) is 6.92 Å². The van der Waals surface area contributed by atoms with Gasteiger partial charge in [0.2, 0.25) is 0 Å². The number of allylic oxidation sites excluding steroid dienone is 1. The first kappa shape index (κ1) is 13.7. The molecule has 21 heavy (non-hydrogen) atoms. The molecule has 0 aromatic carbocycles. The van der Waals surface area contributed by atoms with Gasteiger partial charge in [-0.1, -0.05) is 12.5 Å². The van der Waals surface area contributed by atoms with Crippen LogP contribution in [0.1, 0.15) is 64.7 Å². The summed E-state index contributed by atoms with van der Waals surface area (Å²) >= 11 is 0. The second-order valence-electron chi connectivity index (χ2n) is 7.88. The molecule has 0 aromatic rings. The van der Waals surface area contributed by atoms with Crippen molar-refractivity contribution in [1.82, 2.24) is 0 Å². The van der Waals surface area contributed by atoms with Gasteiger partial charge >= 0.3 is 0 Å². The molecule has 3 heteroatoms. The van der Waals surface area contributed by atoms with E-state index in [0.717, 1.165) is 38.5 Å². The molecule has 4 atom stereocenters. The first-order valence-electron chi connectivity index (χ1n) is 8.44. The van der Waals surface area contributed by atoms with Crippen molar-refractivity contribution in [2.24, 2.45) is 17.3 Å². The Bertz CT molecular complexity index is 561. The van der Waals surface area contributed by atoms with Crippen molar-refractivity contribution in [2.75, 3.05) is 0 Å². The number of carbonyl (C=O) groups is 2. The van der Waals surface area contributed by atoms with E-state index in [1.165, 1.54) is 11.1 Å². The van der Waals surface area contributed by atoms with Crippen molar-refractivity contribution in [2.45, 2.75) is 70.3 Å². The predicted octanol–water partition coefficient (Wildman–Crippen LogP) is 2.96. The Kier molecular flexibility index (Phi) is 2.79. The van der Waals surface area contributed by atoms with Crippen LogP contribution in [0, 0.1) is 17.3 Å². The normalized spacial score (nSPS) is 46.2. The fraction of sp³-hybridized carbons (Fsp3) is 0.778. The molecule has 3 fully saturated rings. The fourth-order valence-corrected chi connectivity index (χ4v) is 5.75. The largest absolute Gasteiger partial charge is 0.385 e. The van der Waals surface area contributed by atoms with Gasteiger partial charge in [0.05, 0.1) is 5.60 Å². The quantitative estimate of drug-likeness (QED) is 0.697. The molecule has 114 valence electrons. The molecule has 3 nitrogen and oxygen atoms in total. The first-order valence-corrected chi connectivity index (χ1v) is 8.44. The highest BCUT2D eigenvalue weighted by Crippen LogP contribution is 2.59. The SMILES string of the molecule is C[C@]12CCC3=C4CCC(=O)CC4(O)CC[C@H]3[C@@H]1CCC2=O. The Hall–Kier alpha value is -0.960. The number of Topliss-reactive ketones (excluding diaryl/α,β-unsaturated/α-hetero) is 2. The highest BCUT2D eigenvalue weighted by Gasteiger charge is 2.55. The van der Waals surface area contributed by atoms with E-state index in [1.807, 2.05) is 0 Å². The Morgan fingerprint density at radius 1 is 1.05 bits per heavy atom. The first-order chi connectivity index (χ1) is 9.94. The Labute approximate surface area is 125 Å². The fourth-order valence-electron chi connectivity index (χ4n) is 5.75. The highest BCUT2D eigenvalue weighted by atomic mass is 16.3. The summed E-state index contributed by atoms with van der Waals surface area (Å²) in [4.78, 5) is 24.0. The zero-order valence-corrected chi connectivity index (χ0v) is 12.8. The van der Waals surface area contributed by atoms with Gasteiger partial charge in [0, 0.05) is 24.7 Å². The highest BCUT2D eigenvalue weighted by molar-refractivity contribution is 5.87. The monoisotopic (exact) mass is 288 g/mol. The summed E-state index contributed by atoms with van der Waals surface area (Å²) in [6.45, 7) is 2.17. The van der Waals surface area contributed by atoms with Crippen molar-refractivity contribution in [1.29, 1.82) is 0 Å². The second kappa shape index (κ2) is 4.28. The number of hydrogen-bond donors (Lipinski definition) is 1. The van der Waals surface area contributed by atoms with E-state index in [-0.39, 0.29) is 11.2 Å². The molecule has 0 aromatic heterocycles. The minimum atomic E-state index is -0.850. The van der Waals surface area contributed by atoms with Gasteiger partial charge in [0.15, 0.2) is 0 Å². The maximum absolute atomic E-state index is 12.3. The summed E-state index contributed by atoms with van der Waals surface area (Å²) < 4.78 is 0. The number of carbonyl (C=O) groups excluding carboxylic acids is 2. The third-order valence-corrected chi connectivity index (χ3v) is 6.95. The number of ketones is 2. The maximum atomic E-state index is 12.3. The average Bonchev–Trinajstić information content (AvgIpc) is 2.73. The van der Waals surface area contributed by atoms with Crippen molar-refractivity contribution >= 4 is 11.6 Å². The molecule has 1 N–H and O–H groups in total. The number of rotatable bonds is 0. The molecule has 0 bridgehead atoms. The van der Waals surface area contributed by atoms with Crippen LogP contribution in [0.5, 0.6) is 0 Å². The van der Waals surface area contributed by atoms with E-state index in [1.54, 1.807) is 0 Å². The zero-order chi connectivity index (χ0) is 14.8. The summed E-state index contributed by atoms with van der Waals surface area (Å²) in [7, 11) is 0. The van der Waals surface area contributed by atoms with Gasteiger partial charge in [0.25, 0.3) is 0 Å². The number of aliphatic hydroxyl groups is 1. The summed E-state index contributed by atoms with van der Waals surface area (Å²) in [5.41, 5.74) is 1.64. The van der Waals surface area contributed by atoms with E-state index < -0.39 is 5.60 Å². The summed E-state index contributed by atoms with van der Waals surface area (Å²) in [5.74, 6) is 1.62. The second-order valence-corrected chi connectivity index (χ2v) is 7.88. The third-order valence-electron chi connectivity index (χ3n) is 6.95. The lowest BCUT2D eigenvalue weighted by molar-refractivity contribution is -0.128. The van der Waals surface area contributed by atoms with Gasteiger partial charge in [-0.05, 0) is 55.9 Å².